The minimum atomic E-state index is -4.10. The van der Waals surface area contributed by atoms with Crippen LogP contribution in [0.5, 0.6) is 0 Å². The van der Waals surface area contributed by atoms with Crippen molar-refractivity contribution in [3.63, 3.8) is 0 Å². The Morgan fingerprint density at radius 3 is 2.31 bits per heavy atom. The molecule has 8 heteroatoms. The van der Waals surface area contributed by atoms with Gasteiger partial charge in [0, 0.05) is 12.5 Å². The topological polar surface area (TPSA) is 98.8 Å². The third-order valence-electron chi connectivity index (χ3n) is 4.17. The zero-order chi connectivity index (χ0) is 19.5. The summed E-state index contributed by atoms with van der Waals surface area (Å²) in [4.78, 5) is 24.3. The molecule has 2 aromatic carbocycles. The van der Waals surface area contributed by atoms with Gasteiger partial charge in [0.05, 0.1) is 18.9 Å². The van der Waals surface area contributed by atoms with Crippen LogP contribution in [0.4, 0.5) is 5.69 Å². The molecule has 26 heavy (non-hydrogen) atoms. The molecule has 0 heterocycles. The molecule has 0 saturated carbocycles. The Morgan fingerprint density at radius 1 is 1.08 bits per heavy atom. The van der Waals surface area contributed by atoms with Gasteiger partial charge < -0.3 is 10.1 Å². The van der Waals surface area contributed by atoms with Crippen LogP contribution in [0.1, 0.15) is 13.8 Å². The summed E-state index contributed by atoms with van der Waals surface area (Å²) >= 11 is 0. The molecule has 0 saturated heterocycles. The van der Waals surface area contributed by atoms with Crippen LogP contribution in [-0.4, -0.2) is 40.4 Å². The molecule has 2 aromatic rings. The number of carbonyl (C=O) groups excluding carboxylic acids is 2. The van der Waals surface area contributed by atoms with Gasteiger partial charge in [-0.3, -0.25) is 13.8 Å². The van der Waals surface area contributed by atoms with Gasteiger partial charge in [-0.2, -0.15) is 8.42 Å². The van der Waals surface area contributed by atoms with Gasteiger partial charge in [0.2, 0.25) is 5.91 Å². The van der Waals surface area contributed by atoms with E-state index >= 15 is 0 Å². The van der Waals surface area contributed by atoms with Crippen molar-refractivity contribution < 1.29 is 26.9 Å². The van der Waals surface area contributed by atoms with Gasteiger partial charge in [-0.15, -0.1) is 0 Å². The summed E-state index contributed by atoms with van der Waals surface area (Å²) in [7, 11) is -1.66. The Hall–Kier alpha value is -2.29. The van der Waals surface area contributed by atoms with Crippen molar-refractivity contribution in [3.05, 3.63) is 36.4 Å². The van der Waals surface area contributed by atoms with Crippen molar-refractivity contribution in [3.8, 4) is 0 Å². The van der Waals surface area contributed by atoms with E-state index < -0.39 is 28.0 Å². The molecule has 0 aliphatic heterocycles. The minimum Gasteiger partial charge on any atom is -0.380 e. The van der Waals surface area contributed by atoms with E-state index in [1.807, 2.05) is 0 Å². The standard InChI is InChI=1S/C18H21NO6S/c1-11(20)16(12(2)24-3)18(21)19-15-10-9-13-7-5-6-8-14(13)17(15)26(22,23)25-4/h5-10,12,16H,1-4H3,(H,19,21). The van der Waals surface area contributed by atoms with Gasteiger partial charge in [-0.1, -0.05) is 30.3 Å². The number of hydrogen-bond donors (Lipinski definition) is 1. The maximum atomic E-state index is 12.6. The van der Waals surface area contributed by atoms with Crippen LogP contribution in [0.3, 0.4) is 0 Å². The smallest absolute Gasteiger partial charge is 0.299 e. The molecule has 0 fully saturated rings. The highest BCUT2D eigenvalue weighted by atomic mass is 32.2. The van der Waals surface area contributed by atoms with E-state index in [1.54, 1.807) is 37.3 Å². The molecule has 0 aliphatic rings. The second kappa shape index (κ2) is 7.94. The van der Waals surface area contributed by atoms with Crippen LogP contribution in [0.25, 0.3) is 10.8 Å². The van der Waals surface area contributed by atoms with E-state index in [-0.39, 0.29) is 16.4 Å². The van der Waals surface area contributed by atoms with Crippen LogP contribution < -0.4 is 5.32 Å². The monoisotopic (exact) mass is 379 g/mol. The average Bonchev–Trinajstić information content (AvgIpc) is 2.60. The zero-order valence-electron chi connectivity index (χ0n) is 15.0. The molecule has 2 rings (SSSR count). The summed E-state index contributed by atoms with van der Waals surface area (Å²) in [5, 5.41) is 3.62. The number of nitrogens with one attached hydrogen (secondary N) is 1. The molecule has 0 aromatic heterocycles. The highest BCUT2D eigenvalue weighted by Crippen LogP contribution is 2.32. The highest BCUT2D eigenvalue weighted by Gasteiger charge is 2.31. The van der Waals surface area contributed by atoms with Gasteiger partial charge in [0.25, 0.3) is 10.1 Å². The van der Waals surface area contributed by atoms with Crippen molar-refractivity contribution >= 4 is 38.3 Å². The van der Waals surface area contributed by atoms with Gasteiger partial charge in [-0.25, -0.2) is 0 Å². The number of rotatable bonds is 7. The first-order chi connectivity index (χ1) is 12.2. The summed E-state index contributed by atoms with van der Waals surface area (Å²) in [5.74, 6) is -2.09. The normalized spacial score (nSPS) is 14.0. The van der Waals surface area contributed by atoms with Gasteiger partial charge in [0.1, 0.15) is 16.6 Å². The van der Waals surface area contributed by atoms with Gasteiger partial charge >= 0.3 is 0 Å². The van der Waals surface area contributed by atoms with Crippen LogP contribution in [-0.2, 0) is 28.6 Å². The predicted octanol–water partition coefficient (Wildman–Crippen LogP) is 2.35. The van der Waals surface area contributed by atoms with Gasteiger partial charge in [-0.05, 0) is 25.3 Å². The lowest BCUT2D eigenvalue weighted by atomic mass is 9.98. The molecule has 2 unspecified atom stereocenters. The van der Waals surface area contributed by atoms with Crippen LogP contribution >= 0.6 is 0 Å². The summed E-state index contributed by atoms with van der Waals surface area (Å²) < 4.78 is 34.6. The number of ketones is 1. The molecule has 7 nitrogen and oxygen atoms in total. The predicted molar refractivity (Wildman–Crippen MR) is 97.4 cm³/mol. The van der Waals surface area contributed by atoms with E-state index in [9.17, 15) is 18.0 Å². The molecule has 0 aliphatic carbocycles. The van der Waals surface area contributed by atoms with Crippen molar-refractivity contribution in [1.82, 2.24) is 0 Å². The lowest BCUT2D eigenvalue weighted by Crippen LogP contribution is -2.37. The molecule has 0 spiro atoms. The number of carbonyl (C=O) groups is 2. The average molecular weight is 379 g/mol. The first-order valence-electron chi connectivity index (χ1n) is 7.89. The van der Waals surface area contributed by atoms with E-state index in [4.69, 9.17) is 4.74 Å². The molecule has 2 atom stereocenters. The molecular weight excluding hydrogens is 358 g/mol. The first kappa shape index (κ1) is 20.0. The fourth-order valence-corrected chi connectivity index (χ4v) is 3.78. The highest BCUT2D eigenvalue weighted by molar-refractivity contribution is 7.87. The molecular formula is C18H21NO6S. The Balaban J connectivity index is 2.58. The van der Waals surface area contributed by atoms with Crippen molar-refractivity contribution in [1.29, 1.82) is 0 Å². The summed E-state index contributed by atoms with van der Waals surface area (Å²) in [6.07, 6.45) is -0.657. The number of benzene rings is 2. The third-order valence-corrected chi connectivity index (χ3v) is 5.55. The summed E-state index contributed by atoms with van der Waals surface area (Å²) in [5.41, 5.74) is 0.0464. The Bertz CT molecular complexity index is 938. The van der Waals surface area contributed by atoms with Crippen LogP contribution in [0.15, 0.2) is 41.3 Å². The number of ether oxygens (including phenoxy) is 1. The fourth-order valence-electron chi connectivity index (χ4n) is 2.77. The van der Waals surface area contributed by atoms with E-state index in [2.05, 4.69) is 9.50 Å². The molecule has 0 bridgehead atoms. The molecule has 1 amide bonds. The summed E-state index contributed by atoms with van der Waals surface area (Å²) in [6.45, 7) is 2.88. The Kier molecular flexibility index (Phi) is 6.12. The third kappa shape index (κ3) is 3.92. The number of methoxy groups -OCH3 is 1. The van der Waals surface area contributed by atoms with E-state index in [1.165, 1.54) is 20.1 Å². The van der Waals surface area contributed by atoms with E-state index in [0.717, 1.165) is 7.11 Å². The molecule has 0 radical (unpaired) electrons. The van der Waals surface area contributed by atoms with Crippen LogP contribution in [0.2, 0.25) is 0 Å². The molecule has 1 N–H and O–H groups in total. The van der Waals surface area contributed by atoms with Crippen molar-refractivity contribution in [2.24, 2.45) is 5.92 Å². The number of fused-ring (bicyclic) bond motifs is 1. The zero-order valence-corrected chi connectivity index (χ0v) is 15.8. The number of hydrogen-bond acceptors (Lipinski definition) is 6. The maximum Gasteiger partial charge on any atom is 0.299 e. The second-order valence-electron chi connectivity index (χ2n) is 5.80. The lowest BCUT2D eigenvalue weighted by Gasteiger charge is -2.21. The van der Waals surface area contributed by atoms with Crippen molar-refractivity contribution in [2.45, 2.75) is 24.8 Å². The SMILES string of the molecule is COC(C)C(C(C)=O)C(=O)Nc1ccc2ccccc2c1S(=O)(=O)OC. The molecule has 140 valence electrons. The van der Waals surface area contributed by atoms with Gasteiger partial charge in [0.15, 0.2) is 0 Å². The lowest BCUT2D eigenvalue weighted by molar-refractivity contribution is -0.134. The van der Waals surface area contributed by atoms with Crippen LogP contribution in [0, 0.1) is 5.92 Å². The summed E-state index contributed by atoms with van der Waals surface area (Å²) in [6, 6.07) is 9.99. The second-order valence-corrected chi connectivity index (χ2v) is 7.45. The quantitative estimate of drug-likeness (QED) is 0.586. The Morgan fingerprint density at radius 2 is 1.73 bits per heavy atom. The number of anilines is 1. The minimum absolute atomic E-state index is 0.0464. The fraction of sp³-hybridized carbons (Fsp3) is 0.333. The first-order valence-corrected chi connectivity index (χ1v) is 9.30. The number of amides is 1. The number of Topliss-reactive ketones (excluding diaryl/α,β-unsaturated/α-hetero) is 1. The Labute approximate surface area is 152 Å². The maximum absolute atomic E-state index is 12.6. The van der Waals surface area contributed by atoms with Crippen molar-refractivity contribution in [2.75, 3.05) is 19.5 Å². The van der Waals surface area contributed by atoms with E-state index in [0.29, 0.717) is 10.8 Å². The largest absolute Gasteiger partial charge is 0.380 e.